The number of fused-ring (bicyclic) bond motifs is 1. The van der Waals surface area contributed by atoms with Crippen LogP contribution >= 0.6 is 22.7 Å². The van der Waals surface area contributed by atoms with Crippen molar-refractivity contribution < 1.29 is 0 Å². The van der Waals surface area contributed by atoms with Crippen LogP contribution in [0.15, 0.2) is 46.0 Å². The van der Waals surface area contributed by atoms with Gasteiger partial charge in [-0.25, -0.2) is 0 Å². The molecule has 2 nitrogen and oxygen atoms in total. The monoisotopic (exact) mass is 432 g/mol. The molecule has 2 heterocycles. The minimum Gasteiger partial charge on any atom is -0.277 e. The van der Waals surface area contributed by atoms with Gasteiger partial charge in [0.2, 0.25) is 9.48 Å². The first kappa shape index (κ1) is 20.7. The largest absolute Gasteiger partial charge is 0.277 e. The molecule has 4 rings (SSSR count). The smallest absolute Gasteiger partial charge is 0.240 e. The van der Waals surface area contributed by atoms with E-state index in [0.29, 0.717) is 10.8 Å². The van der Waals surface area contributed by atoms with Crippen molar-refractivity contribution in [2.75, 3.05) is 0 Å². The molecule has 0 amide bonds. The standard InChI is InChI=1S/C26H24O2S2/c1-13-7-15(3)23(16(4)8-13)21-11-19-20(25(27)29-21)12-22(30-26(19)28)24-17(5)9-14(2)10-18(24)6/h7-12H,1-6H3. The average molecular weight is 433 g/mol. The summed E-state index contributed by atoms with van der Waals surface area (Å²) in [5.74, 6) is 0. The Morgan fingerprint density at radius 3 is 1.10 bits per heavy atom. The predicted molar refractivity (Wildman–Crippen MR) is 132 cm³/mol. The van der Waals surface area contributed by atoms with Crippen LogP contribution in [0.4, 0.5) is 0 Å². The van der Waals surface area contributed by atoms with Crippen LogP contribution in [0, 0.1) is 41.5 Å². The maximum absolute atomic E-state index is 13.1. The molecule has 30 heavy (non-hydrogen) atoms. The molecule has 0 aliphatic heterocycles. The lowest BCUT2D eigenvalue weighted by Gasteiger charge is -2.13. The Kier molecular flexibility index (Phi) is 5.25. The predicted octanol–water partition coefficient (Wildman–Crippen LogP) is 6.87. The van der Waals surface area contributed by atoms with Gasteiger partial charge in [0.15, 0.2) is 0 Å². The summed E-state index contributed by atoms with van der Waals surface area (Å²) in [4.78, 5) is 27.9. The summed E-state index contributed by atoms with van der Waals surface area (Å²) in [7, 11) is 0. The normalized spacial score (nSPS) is 11.3. The fraction of sp³-hybridized carbons (Fsp3) is 0.231. The van der Waals surface area contributed by atoms with Crippen molar-refractivity contribution >= 4 is 33.4 Å². The third-order valence-corrected chi connectivity index (χ3v) is 7.43. The van der Waals surface area contributed by atoms with Gasteiger partial charge in [0.25, 0.3) is 0 Å². The summed E-state index contributed by atoms with van der Waals surface area (Å²) < 4.78 is -0.120. The van der Waals surface area contributed by atoms with E-state index in [-0.39, 0.29) is 9.48 Å². The molecule has 0 aliphatic rings. The van der Waals surface area contributed by atoms with E-state index in [1.165, 1.54) is 33.8 Å². The average Bonchev–Trinajstić information content (AvgIpc) is 2.61. The molecule has 4 aromatic rings. The number of benzene rings is 2. The zero-order valence-electron chi connectivity index (χ0n) is 18.1. The molecule has 0 atom stereocenters. The molecule has 0 aliphatic carbocycles. The SMILES string of the molecule is Cc1cc(C)c(-c2cc3c(=O)sc(-c4c(C)cc(C)cc4C)cc3c(=O)s2)c(C)c1. The van der Waals surface area contributed by atoms with Gasteiger partial charge in [0.1, 0.15) is 0 Å². The topological polar surface area (TPSA) is 34.1 Å². The summed E-state index contributed by atoms with van der Waals surface area (Å²) in [6.45, 7) is 12.4. The molecule has 0 bridgehead atoms. The molecular formula is C26H24O2S2. The second-order valence-corrected chi connectivity index (χ2v) is 10.2. The maximum Gasteiger partial charge on any atom is 0.240 e. The van der Waals surface area contributed by atoms with E-state index in [4.69, 9.17) is 0 Å². The first-order valence-electron chi connectivity index (χ1n) is 9.94. The van der Waals surface area contributed by atoms with Crippen molar-refractivity contribution in [3.05, 3.63) is 88.9 Å². The van der Waals surface area contributed by atoms with E-state index in [1.54, 1.807) is 0 Å². The fourth-order valence-electron chi connectivity index (χ4n) is 4.51. The van der Waals surface area contributed by atoms with Gasteiger partial charge in [-0.05, 0) is 87.1 Å². The van der Waals surface area contributed by atoms with Crippen LogP contribution in [0.3, 0.4) is 0 Å². The second kappa shape index (κ2) is 7.60. The van der Waals surface area contributed by atoms with Crippen LogP contribution in [0.5, 0.6) is 0 Å². The number of hydrogen-bond acceptors (Lipinski definition) is 4. The van der Waals surface area contributed by atoms with Gasteiger partial charge < -0.3 is 0 Å². The van der Waals surface area contributed by atoms with E-state index < -0.39 is 0 Å². The van der Waals surface area contributed by atoms with Crippen molar-refractivity contribution in [1.29, 1.82) is 0 Å². The number of hydrogen-bond donors (Lipinski definition) is 0. The van der Waals surface area contributed by atoms with Gasteiger partial charge >= 0.3 is 0 Å². The lowest BCUT2D eigenvalue weighted by Crippen LogP contribution is -2.05. The van der Waals surface area contributed by atoms with Crippen molar-refractivity contribution in [2.24, 2.45) is 0 Å². The van der Waals surface area contributed by atoms with Gasteiger partial charge in [-0.15, -0.1) is 0 Å². The van der Waals surface area contributed by atoms with Crippen molar-refractivity contribution in [2.45, 2.75) is 41.5 Å². The molecule has 0 fully saturated rings. The fourth-order valence-corrected chi connectivity index (χ4v) is 6.67. The third-order valence-electron chi connectivity index (χ3n) is 5.53. The minimum absolute atomic E-state index is 0.0598. The lowest BCUT2D eigenvalue weighted by molar-refractivity contribution is 1.33. The Labute approximate surface area is 184 Å². The van der Waals surface area contributed by atoms with Crippen molar-refractivity contribution in [3.8, 4) is 20.9 Å². The van der Waals surface area contributed by atoms with Gasteiger partial charge in [-0.3, -0.25) is 9.59 Å². The molecule has 0 spiro atoms. The first-order chi connectivity index (χ1) is 14.2. The molecule has 4 heteroatoms. The van der Waals surface area contributed by atoms with Crippen molar-refractivity contribution in [1.82, 2.24) is 0 Å². The highest BCUT2D eigenvalue weighted by atomic mass is 32.1. The molecule has 2 aromatic heterocycles. The number of aryl methyl sites for hydroxylation is 6. The molecule has 0 N–H and O–H groups in total. The Hall–Kier alpha value is -2.56. The molecular weight excluding hydrogens is 408 g/mol. The third kappa shape index (κ3) is 3.55. The summed E-state index contributed by atoms with van der Waals surface area (Å²) in [5, 5.41) is 1.04. The van der Waals surface area contributed by atoms with E-state index >= 15 is 0 Å². The Morgan fingerprint density at radius 2 is 0.800 bits per heavy atom. The zero-order valence-corrected chi connectivity index (χ0v) is 19.7. The molecule has 0 radical (unpaired) electrons. The Morgan fingerprint density at radius 1 is 0.500 bits per heavy atom. The van der Waals surface area contributed by atoms with Gasteiger partial charge in [-0.2, -0.15) is 0 Å². The molecule has 0 saturated carbocycles. The Balaban J connectivity index is 1.99. The minimum atomic E-state index is -0.0598. The lowest BCUT2D eigenvalue weighted by atomic mass is 9.97. The maximum atomic E-state index is 13.1. The Bertz CT molecular complexity index is 1280. The quantitative estimate of drug-likeness (QED) is 0.346. The van der Waals surface area contributed by atoms with E-state index in [9.17, 15) is 9.59 Å². The summed E-state index contributed by atoms with van der Waals surface area (Å²) in [6.07, 6.45) is 0. The van der Waals surface area contributed by atoms with Crippen LogP contribution < -0.4 is 9.48 Å². The molecule has 0 saturated heterocycles. The van der Waals surface area contributed by atoms with E-state index in [1.807, 2.05) is 12.1 Å². The van der Waals surface area contributed by atoms with Gasteiger partial charge in [-0.1, -0.05) is 58.1 Å². The molecule has 0 unspecified atom stereocenters. The van der Waals surface area contributed by atoms with E-state index in [0.717, 1.165) is 43.1 Å². The highest BCUT2D eigenvalue weighted by Crippen LogP contribution is 2.35. The zero-order chi connectivity index (χ0) is 21.7. The second-order valence-electron chi connectivity index (χ2n) is 8.17. The van der Waals surface area contributed by atoms with Crippen LogP contribution in [0.25, 0.3) is 31.7 Å². The summed E-state index contributed by atoms with van der Waals surface area (Å²) in [5.41, 5.74) is 9.01. The van der Waals surface area contributed by atoms with Crippen molar-refractivity contribution in [3.63, 3.8) is 0 Å². The highest BCUT2D eigenvalue weighted by Gasteiger charge is 2.15. The summed E-state index contributed by atoms with van der Waals surface area (Å²) in [6, 6.07) is 12.3. The van der Waals surface area contributed by atoms with E-state index in [2.05, 4.69) is 65.8 Å². The van der Waals surface area contributed by atoms with Crippen LogP contribution in [-0.2, 0) is 0 Å². The summed E-state index contributed by atoms with van der Waals surface area (Å²) >= 11 is 2.46. The van der Waals surface area contributed by atoms with Gasteiger partial charge in [0.05, 0.1) is 0 Å². The first-order valence-corrected chi connectivity index (χ1v) is 11.6. The van der Waals surface area contributed by atoms with Crippen LogP contribution in [0.2, 0.25) is 0 Å². The number of rotatable bonds is 2. The highest BCUT2D eigenvalue weighted by molar-refractivity contribution is 7.15. The van der Waals surface area contributed by atoms with Crippen LogP contribution in [-0.4, -0.2) is 0 Å². The molecule has 2 aromatic carbocycles. The molecule has 152 valence electrons. The van der Waals surface area contributed by atoms with Gasteiger partial charge in [0, 0.05) is 20.5 Å². The van der Waals surface area contributed by atoms with Crippen LogP contribution in [0.1, 0.15) is 33.4 Å².